The fourth-order valence-electron chi connectivity index (χ4n) is 2.29. The molecule has 1 aliphatic heterocycles. The first-order valence-corrected chi connectivity index (χ1v) is 5.73. The van der Waals surface area contributed by atoms with Crippen LogP contribution in [0, 0.1) is 5.41 Å². The van der Waals surface area contributed by atoms with Gasteiger partial charge in [0.1, 0.15) is 0 Å². The van der Waals surface area contributed by atoms with E-state index in [2.05, 4.69) is 15.2 Å². The van der Waals surface area contributed by atoms with Gasteiger partial charge in [0.05, 0.1) is 23.0 Å². The number of anilines is 2. The Bertz CT molecular complexity index is 434. The SMILES string of the molecule is CNC(=O)C1(C)CCN(c2cncc(N)c2)C1. The van der Waals surface area contributed by atoms with E-state index in [1.807, 2.05) is 13.0 Å². The number of nitrogen functional groups attached to an aromatic ring is 1. The van der Waals surface area contributed by atoms with E-state index in [-0.39, 0.29) is 11.3 Å². The van der Waals surface area contributed by atoms with Crippen molar-refractivity contribution in [3.8, 4) is 0 Å². The third-order valence-corrected chi connectivity index (χ3v) is 3.36. The van der Waals surface area contributed by atoms with Gasteiger partial charge in [-0.05, 0) is 19.4 Å². The van der Waals surface area contributed by atoms with Crippen LogP contribution in [-0.4, -0.2) is 31.0 Å². The van der Waals surface area contributed by atoms with Crippen molar-refractivity contribution in [2.45, 2.75) is 13.3 Å². The summed E-state index contributed by atoms with van der Waals surface area (Å²) in [6, 6.07) is 1.89. The molecule has 0 spiro atoms. The Labute approximate surface area is 101 Å². The lowest BCUT2D eigenvalue weighted by Gasteiger charge is -2.23. The topological polar surface area (TPSA) is 71.2 Å². The summed E-state index contributed by atoms with van der Waals surface area (Å²) in [6.07, 6.45) is 4.25. The Morgan fingerprint density at radius 3 is 3.00 bits per heavy atom. The van der Waals surface area contributed by atoms with Crippen LogP contribution < -0.4 is 16.0 Å². The first-order chi connectivity index (χ1) is 8.05. The molecular formula is C12H18N4O. The Kier molecular flexibility index (Phi) is 2.92. The molecule has 0 radical (unpaired) electrons. The van der Waals surface area contributed by atoms with Crippen LogP contribution in [0.15, 0.2) is 18.5 Å². The highest BCUT2D eigenvalue weighted by Gasteiger charge is 2.39. The summed E-state index contributed by atoms with van der Waals surface area (Å²) in [6.45, 7) is 3.55. The third kappa shape index (κ3) is 2.18. The quantitative estimate of drug-likeness (QED) is 0.787. The molecule has 1 fully saturated rings. The molecule has 1 aliphatic rings. The van der Waals surface area contributed by atoms with Crippen molar-refractivity contribution in [2.24, 2.45) is 5.41 Å². The molecule has 17 heavy (non-hydrogen) atoms. The zero-order valence-electron chi connectivity index (χ0n) is 10.2. The molecule has 0 saturated carbocycles. The van der Waals surface area contributed by atoms with Crippen molar-refractivity contribution >= 4 is 17.3 Å². The van der Waals surface area contributed by atoms with Crippen LogP contribution in [0.1, 0.15) is 13.3 Å². The lowest BCUT2D eigenvalue weighted by molar-refractivity contribution is -0.128. The van der Waals surface area contributed by atoms with Gasteiger partial charge in [-0.15, -0.1) is 0 Å². The van der Waals surface area contributed by atoms with E-state index in [1.165, 1.54) is 0 Å². The monoisotopic (exact) mass is 234 g/mol. The zero-order valence-corrected chi connectivity index (χ0v) is 10.2. The van der Waals surface area contributed by atoms with Crippen molar-refractivity contribution in [3.05, 3.63) is 18.5 Å². The Morgan fingerprint density at radius 2 is 2.35 bits per heavy atom. The number of carbonyl (C=O) groups is 1. The molecule has 0 aliphatic carbocycles. The van der Waals surface area contributed by atoms with E-state index in [4.69, 9.17) is 5.73 Å². The molecule has 2 rings (SSSR count). The highest BCUT2D eigenvalue weighted by atomic mass is 16.2. The van der Waals surface area contributed by atoms with Gasteiger partial charge < -0.3 is 16.0 Å². The summed E-state index contributed by atoms with van der Waals surface area (Å²) in [5, 5.41) is 2.72. The molecule has 0 aromatic carbocycles. The van der Waals surface area contributed by atoms with E-state index in [0.717, 1.165) is 18.7 Å². The number of nitrogens with one attached hydrogen (secondary N) is 1. The highest BCUT2D eigenvalue weighted by molar-refractivity contribution is 5.83. The summed E-state index contributed by atoms with van der Waals surface area (Å²) >= 11 is 0. The second kappa shape index (κ2) is 4.24. The van der Waals surface area contributed by atoms with Crippen molar-refractivity contribution in [3.63, 3.8) is 0 Å². The molecule has 1 amide bonds. The van der Waals surface area contributed by atoms with Crippen molar-refractivity contribution < 1.29 is 4.79 Å². The van der Waals surface area contributed by atoms with E-state index >= 15 is 0 Å². The molecular weight excluding hydrogens is 216 g/mol. The normalized spacial score (nSPS) is 23.8. The minimum atomic E-state index is -0.320. The van der Waals surface area contributed by atoms with Crippen LogP contribution in [-0.2, 0) is 4.79 Å². The summed E-state index contributed by atoms with van der Waals surface area (Å²) in [5.74, 6) is 0.0943. The predicted octanol–water partition coefficient (Wildman–Crippen LogP) is 0.626. The number of hydrogen-bond donors (Lipinski definition) is 2. The van der Waals surface area contributed by atoms with Gasteiger partial charge in [0.15, 0.2) is 0 Å². The summed E-state index contributed by atoms with van der Waals surface area (Å²) < 4.78 is 0. The second-order valence-electron chi connectivity index (χ2n) is 4.79. The fourth-order valence-corrected chi connectivity index (χ4v) is 2.29. The van der Waals surface area contributed by atoms with E-state index in [9.17, 15) is 4.79 Å². The maximum atomic E-state index is 11.8. The fraction of sp³-hybridized carbons (Fsp3) is 0.500. The Balaban J connectivity index is 2.15. The average molecular weight is 234 g/mol. The highest BCUT2D eigenvalue weighted by Crippen LogP contribution is 2.33. The van der Waals surface area contributed by atoms with Gasteiger partial charge in [0, 0.05) is 26.3 Å². The van der Waals surface area contributed by atoms with E-state index in [0.29, 0.717) is 12.2 Å². The summed E-state index contributed by atoms with van der Waals surface area (Å²) in [4.78, 5) is 18.0. The van der Waals surface area contributed by atoms with Gasteiger partial charge in [-0.1, -0.05) is 0 Å². The molecule has 3 N–H and O–H groups in total. The van der Waals surface area contributed by atoms with E-state index < -0.39 is 0 Å². The third-order valence-electron chi connectivity index (χ3n) is 3.36. The lowest BCUT2D eigenvalue weighted by atomic mass is 9.89. The molecule has 2 heterocycles. The number of rotatable bonds is 2. The molecule has 5 heteroatoms. The van der Waals surface area contributed by atoms with Crippen molar-refractivity contribution in [1.29, 1.82) is 0 Å². The lowest BCUT2D eigenvalue weighted by Crippen LogP contribution is -2.39. The largest absolute Gasteiger partial charge is 0.397 e. The average Bonchev–Trinajstić information content (AvgIpc) is 2.72. The molecule has 92 valence electrons. The Morgan fingerprint density at radius 1 is 1.59 bits per heavy atom. The van der Waals surface area contributed by atoms with Gasteiger partial charge in [-0.3, -0.25) is 9.78 Å². The zero-order chi connectivity index (χ0) is 12.5. The Hall–Kier alpha value is -1.78. The van der Waals surface area contributed by atoms with Crippen LogP contribution in [0.5, 0.6) is 0 Å². The van der Waals surface area contributed by atoms with Crippen molar-refractivity contribution in [2.75, 3.05) is 30.8 Å². The first kappa shape index (κ1) is 11.7. The number of aromatic nitrogens is 1. The maximum absolute atomic E-state index is 11.8. The molecule has 1 atom stereocenters. The standard InChI is InChI=1S/C12H18N4O/c1-12(11(17)14-2)3-4-16(8-12)10-5-9(13)6-15-7-10/h5-7H,3-4,8,13H2,1-2H3,(H,14,17). The number of pyridine rings is 1. The van der Waals surface area contributed by atoms with E-state index in [1.54, 1.807) is 19.4 Å². The van der Waals surface area contributed by atoms with Gasteiger partial charge in [-0.25, -0.2) is 0 Å². The van der Waals surface area contributed by atoms with Crippen LogP contribution >= 0.6 is 0 Å². The van der Waals surface area contributed by atoms with Crippen molar-refractivity contribution in [1.82, 2.24) is 10.3 Å². The first-order valence-electron chi connectivity index (χ1n) is 5.73. The minimum absolute atomic E-state index is 0.0943. The predicted molar refractivity (Wildman–Crippen MR) is 67.7 cm³/mol. The molecule has 5 nitrogen and oxygen atoms in total. The molecule has 1 unspecified atom stereocenters. The number of nitrogens with zero attached hydrogens (tertiary/aromatic N) is 2. The van der Waals surface area contributed by atoms with Gasteiger partial charge in [-0.2, -0.15) is 0 Å². The van der Waals surface area contributed by atoms with Gasteiger partial charge in [0.25, 0.3) is 0 Å². The van der Waals surface area contributed by atoms with Crippen LogP contribution in [0.25, 0.3) is 0 Å². The van der Waals surface area contributed by atoms with Crippen LogP contribution in [0.3, 0.4) is 0 Å². The van der Waals surface area contributed by atoms with Gasteiger partial charge in [0.2, 0.25) is 5.91 Å². The number of nitrogens with two attached hydrogens (primary N) is 1. The number of amides is 1. The number of hydrogen-bond acceptors (Lipinski definition) is 4. The molecule has 0 bridgehead atoms. The summed E-state index contributed by atoms with van der Waals surface area (Å²) in [7, 11) is 1.68. The molecule has 1 aromatic heterocycles. The van der Waals surface area contributed by atoms with Crippen LogP contribution in [0.2, 0.25) is 0 Å². The van der Waals surface area contributed by atoms with Crippen LogP contribution in [0.4, 0.5) is 11.4 Å². The molecule has 1 saturated heterocycles. The number of carbonyl (C=O) groups excluding carboxylic acids is 1. The summed E-state index contributed by atoms with van der Waals surface area (Å²) in [5.41, 5.74) is 7.02. The smallest absolute Gasteiger partial charge is 0.227 e. The van der Waals surface area contributed by atoms with Gasteiger partial charge >= 0.3 is 0 Å². The second-order valence-corrected chi connectivity index (χ2v) is 4.79. The maximum Gasteiger partial charge on any atom is 0.227 e. The molecule has 1 aromatic rings. The minimum Gasteiger partial charge on any atom is -0.397 e.